The highest BCUT2D eigenvalue weighted by atomic mass is 16.5. The van der Waals surface area contributed by atoms with Gasteiger partial charge in [-0.15, -0.1) is 0 Å². The Labute approximate surface area is 149 Å². The molecule has 3 N–H and O–H groups in total. The number of rotatable bonds is 8. The van der Waals surface area contributed by atoms with Crippen LogP contribution in [0.25, 0.3) is 0 Å². The normalized spacial score (nSPS) is 14.6. The highest BCUT2D eigenvalue weighted by Gasteiger charge is 2.15. The number of hydrogen-bond acceptors (Lipinski definition) is 3. The fourth-order valence-corrected chi connectivity index (χ4v) is 3.07. The van der Waals surface area contributed by atoms with Crippen LogP contribution in [0.4, 0.5) is 4.79 Å². The zero-order valence-corrected chi connectivity index (χ0v) is 15.0. The molecule has 1 aliphatic carbocycles. The summed E-state index contributed by atoms with van der Waals surface area (Å²) < 4.78 is 5.26. The molecular formula is C19H29N3O3. The minimum Gasteiger partial charge on any atom is -0.496 e. The molecular weight excluding hydrogens is 318 g/mol. The summed E-state index contributed by atoms with van der Waals surface area (Å²) in [5.74, 6) is 0.740. The van der Waals surface area contributed by atoms with Gasteiger partial charge >= 0.3 is 6.03 Å². The maximum Gasteiger partial charge on any atom is 0.315 e. The molecule has 0 saturated heterocycles. The van der Waals surface area contributed by atoms with Gasteiger partial charge in [0.1, 0.15) is 5.75 Å². The van der Waals surface area contributed by atoms with Crippen molar-refractivity contribution in [3.05, 3.63) is 29.8 Å². The first-order chi connectivity index (χ1) is 12.2. The third kappa shape index (κ3) is 7.03. The van der Waals surface area contributed by atoms with Crippen LogP contribution in [0.5, 0.6) is 5.75 Å². The smallest absolute Gasteiger partial charge is 0.315 e. The number of benzene rings is 1. The summed E-state index contributed by atoms with van der Waals surface area (Å²) in [5, 5.41) is 8.71. The van der Waals surface area contributed by atoms with E-state index >= 15 is 0 Å². The van der Waals surface area contributed by atoms with Gasteiger partial charge < -0.3 is 20.7 Å². The molecule has 0 heterocycles. The predicted molar refractivity (Wildman–Crippen MR) is 97.5 cm³/mol. The molecule has 1 saturated carbocycles. The number of urea groups is 1. The Hall–Kier alpha value is -2.24. The van der Waals surface area contributed by atoms with E-state index in [9.17, 15) is 9.59 Å². The molecule has 3 amide bonds. The third-order valence-corrected chi connectivity index (χ3v) is 4.48. The molecule has 0 unspecified atom stereocenters. The maximum atomic E-state index is 11.9. The summed E-state index contributed by atoms with van der Waals surface area (Å²) in [6, 6.07) is 7.79. The maximum absolute atomic E-state index is 11.9. The molecule has 25 heavy (non-hydrogen) atoms. The van der Waals surface area contributed by atoms with Gasteiger partial charge in [-0.1, -0.05) is 37.5 Å². The van der Waals surface area contributed by atoms with E-state index < -0.39 is 0 Å². The molecule has 6 heteroatoms. The van der Waals surface area contributed by atoms with Crippen molar-refractivity contribution in [1.29, 1.82) is 0 Å². The number of para-hydroxylation sites is 1. The van der Waals surface area contributed by atoms with Crippen molar-refractivity contribution in [2.45, 2.75) is 57.5 Å². The number of hydrogen-bond donors (Lipinski definition) is 3. The van der Waals surface area contributed by atoms with Crippen molar-refractivity contribution >= 4 is 11.9 Å². The standard InChI is InChI=1S/C19H29N3O3/c1-25-17-11-6-5-8-15(17)14-21-18(23)12-7-13-20-19(24)22-16-9-3-2-4-10-16/h5-6,8,11,16H,2-4,7,9-10,12-14H2,1H3,(H,21,23)(H2,20,22,24). The molecule has 138 valence electrons. The van der Waals surface area contributed by atoms with E-state index in [0.29, 0.717) is 32.0 Å². The fourth-order valence-electron chi connectivity index (χ4n) is 3.07. The lowest BCUT2D eigenvalue weighted by Gasteiger charge is -2.22. The Kier molecular flexibility index (Phi) is 8.09. The van der Waals surface area contributed by atoms with Crippen molar-refractivity contribution in [3.8, 4) is 5.75 Å². The SMILES string of the molecule is COc1ccccc1CNC(=O)CCCNC(=O)NC1CCCCC1. The molecule has 1 aliphatic rings. The van der Waals surface area contributed by atoms with Crippen LogP contribution in [0.15, 0.2) is 24.3 Å². The molecule has 6 nitrogen and oxygen atoms in total. The summed E-state index contributed by atoms with van der Waals surface area (Å²) in [6.07, 6.45) is 6.80. The second kappa shape index (κ2) is 10.6. The van der Waals surface area contributed by atoms with Gasteiger partial charge in [0.2, 0.25) is 5.91 Å². The minimum absolute atomic E-state index is 0.0274. The molecule has 1 aromatic rings. The molecule has 0 atom stereocenters. The van der Waals surface area contributed by atoms with Crippen molar-refractivity contribution in [2.24, 2.45) is 0 Å². The third-order valence-electron chi connectivity index (χ3n) is 4.48. The van der Waals surface area contributed by atoms with Gasteiger partial charge in [-0.25, -0.2) is 4.79 Å². The van der Waals surface area contributed by atoms with Gasteiger partial charge in [0.05, 0.1) is 7.11 Å². The summed E-state index contributed by atoms with van der Waals surface area (Å²) in [6.45, 7) is 0.944. The van der Waals surface area contributed by atoms with Gasteiger partial charge in [-0.2, -0.15) is 0 Å². The van der Waals surface area contributed by atoms with Crippen LogP contribution in [0, 0.1) is 0 Å². The lowest BCUT2D eigenvalue weighted by Crippen LogP contribution is -2.43. The quantitative estimate of drug-likeness (QED) is 0.633. The highest BCUT2D eigenvalue weighted by molar-refractivity contribution is 5.76. The van der Waals surface area contributed by atoms with E-state index in [0.717, 1.165) is 24.2 Å². The molecule has 1 fully saturated rings. The van der Waals surface area contributed by atoms with E-state index in [1.54, 1.807) is 7.11 Å². The summed E-state index contributed by atoms with van der Waals surface area (Å²) >= 11 is 0. The molecule has 2 rings (SSSR count). The van der Waals surface area contributed by atoms with Crippen LogP contribution >= 0.6 is 0 Å². The number of amides is 3. The first kappa shape index (κ1) is 19.1. The Balaban J connectivity index is 1.56. The molecule has 1 aromatic carbocycles. The molecule has 0 spiro atoms. The number of nitrogens with one attached hydrogen (secondary N) is 3. The highest BCUT2D eigenvalue weighted by Crippen LogP contribution is 2.17. The van der Waals surface area contributed by atoms with Gasteiger partial charge in [-0.3, -0.25) is 4.79 Å². The van der Waals surface area contributed by atoms with Crippen LogP contribution in [0.2, 0.25) is 0 Å². The van der Waals surface area contributed by atoms with Crippen LogP contribution in [0.3, 0.4) is 0 Å². The van der Waals surface area contributed by atoms with Gasteiger partial charge in [0.25, 0.3) is 0 Å². The number of methoxy groups -OCH3 is 1. The average molecular weight is 347 g/mol. The van der Waals surface area contributed by atoms with Crippen LogP contribution in [0.1, 0.15) is 50.5 Å². The van der Waals surface area contributed by atoms with Gasteiger partial charge in [-0.05, 0) is 25.3 Å². The first-order valence-corrected chi connectivity index (χ1v) is 9.12. The topological polar surface area (TPSA) is 79.5 Å². The van der Waals surface area contributed by atoms with E-state index in [4.69, 9.17) is 4.74 Å². The van der Waals surface area contributed by atoms with E-state index in [2.05, 4.69) is 16.0 Å². The van der Waals surface area contributed by atoms with E-state index in [1.807, 2.05) is 24.3 Å². The summed E-state index contributed by atoms with van der Waals surface area (Å²) in [4.78, 5) is 23.7. The lowest BCUT2D eigenvalue weighted by atomic mass is 9.96. The number of ether oxygens (including phenoxy) is 1. The average Bonchev–Trinajstić information content (AvgIpc) is 2.64. The lowest BCUT2D eigenvalue weighted by molar-refractivity contribution is -0.121. The Bertz CT molecular complexity index is 557. The number of carbonyl (C=O) groups is 2. The zero-order chi connectivity index (χ0) is 17.9. The molecule has 0 radical (unpaired) electrons. The van der Waals surface area contributed by atoms with Gasteiger partial charge in [0, 0.05) is 31.1 Å². The van der Waals surface area contributed by atoms with Crippen LogP contribution in [-0.4, -0.2) is 31.6 Å². The molecule has 0 aliphatic heterocycles. The molecule has 0 bridgehead atoms. The predicted octanol–water partition coefficient (Wildman–Crippen LogP) is 2.72. The van der Waals surface area contributed by atoms with Gasteiger partial charge in [0.15, 0.2) is 0 Å². The van der Waals surface area contributed by atoms with Crippen molar-refractivity contribution in [3.63, 3.8) is 0 Å². The monoisotopic (exact) mass is 347 g/mol. The van der Waals surface area contributed by atoms with Crippen molar-refractivity contribution < 1.29 is 14.3 Å². The van der Waals surface area contributed by atoms with Crippen molar-refractivity contribution in [2.75, 3.05) is 13.7 Å². The Morgan fingerprint density at radius 2 is 1.88 bits per heavy atom. The number of carbonyl (C=O) groups excluding carboxylic acids is 2. The zero-order valence-electron chi connectivity index (χ0n) is 15.0. The second-order valence-electron chi connectivity index (χ2n) is 6.43. The summed E-state index contributed by atoms with van der Waals surface area (Å²) in [7, 11) is 1.62. The van der Waals surface area contributed by atoms with E-state index in [-0.39, 0.29) is 11.9 Å². The van der Waals surface area contributed by atoms with Crippen molar-refractivity contribution in [1.82, 2.24) is 16.0 Å². The minimum atomic E-state index is -0.124. The Morgan fingerprint density at radius 3 is 2.64 bits per heavy atom. The van der Waals surface area contributed by atoms with Crippen LogP contribution in [-0.2, 0) is 11.3 Å². The largest absolute Gasteiger partial charge is 0.496 e. The van der Waals surface area contributed by atoms with E-state index in [1.165, 1.54) is 19.3 Å². The first-order valence-electron chi connectivity index (χ1n) is 9.12. The Morgan fingerprint density at radius 1 is 1.12 bits per heavy atom. The van der Waals surface area contributed by atoms with Crippen LogP contribution < -0.4 is 20.7 Å². The molecule has 0 aromatic heterocycles. The second-order valence-corrected chi connectivity index (χ2v) is 6.43. The summed E-state index contributed by atoms with van der Waals surface area (Å²) in [5.41, 5.74) is 0.948. The fraction of sp³-hybridized carbons (Fsp3) is 0.579.